The van der Waals surface area contributed by atoms with Gasteiger partial charge in [-0.25, -0.2) is 9.67 Å². The van der Waals surface area contributed by atoms with Crippen molar-refractivity contribution < 1.29 is 5.11 Å². The van der Waals surface area contributed by atoms with E-state index in [1.807, 2.05) is 36.4 Å². The molecule has 1 unspecified atom stereocenters. The lowest BCUT2D eigenvalue weighted by atomic mass is 10.1. The van der Waals surface area contributed by atoms with Gasteiger partial charge in [-0.2, -0.15) is 5.10 Å². The normalized spacial score (nSPS) is 12.0. The molecule has 2 aromatic heterocycles. The van der Waals surface area contributed by atoms with Crippen LogP contribution in [0, 0.1) is 0 Å². The maximum atomic E-state index is 9.57. The summed E-state index contributed by atoms with van der Waals surface area (Å²) in [7, 11) is 0. The van der Waals surface area contributed by atoms with Gasteiger partial charge < -0.3 is 10.4 Å². The fourth-order valence-electron chi connectivity index (χ4n) is 2.21. The van der Waals surface area contributed by atoms with Gasteiger partial charge in [0.15, 0.2) is 5.82 Å². The average Bonchev–Trinajstić information content (AvgIpc) is 3.10. The van der Waals surface area contributed by atoms with Crippen molar-refractivity contribution in [2.75, 3.05) is 11.9 Å². The first kappa shape index (κ1) is 14.2. The van der Waals surface area contributed by atoms with Crippen molar-refractivity contribution in [1.29, 1.82) is 0 Å². The molecular weight excluding hydrogens is 278 g/mol. The van der Waals surface area contributed by atoms with Crippen molar-refractivity contribution in [3.05, 3.63) is 66.7 Å². The molecule has 0 aliphatic carbocycles. The van der Waals surface area contributed by atoms with Crippen molar-refractivity contribution in [2.24, 2.45) is 0 Å². The van der Waals surface area contributed by atoms with Crippen LogP contribution in [0.2, 0.25) is 0 Å². The summed E-state index contributed by atoms with van der Waals surface area (Å²) < 4.78 is 1.64. The molecule has 0 spiro atoms. The molecule has 2 N–H and O–H groups in total. The van der Waals surface area contributed by atoms with E-state index in [0.29, 0.717) is 18.1 Å². The van der Waals surface area contributed by atoms with Crippen LogP contribution < -0.4 is 5.32 Å². The second-order valence-corrected chi connectivity index (χ2v) is 4.93. The molecule has 6 nitrogen and oxygen atoms in total. The predicted molar refractivity (Wildman–Crippen MR) is 83.8 cm³/mol. The van der Waals surface area contributed by atoms with Crippen LogP contribution in [0.4, 0.5) is 5.82 Å². The standard InChI is InChI=1S/C16H17N5O/c22-12-14(9-13-5-2-1-3-6-13)19-15-10-17-11-16(20-15)21-8-4-7-18-21/h1-8,10-11,14,22H,9,12H2,(H,19,20). The maximum Gasteiger partial charge on any atom is 0.173 e. The van der Waals surface area contributed by atoms with E-state index >= 15 is 0 Å². The van der Waals surface area contributed by atoms with Gasteiger partial charge in [0.05, 0.1) is 25.0 Å². The summed E-state index contributed by atoms with van der Waals surface area (Å²) >= 11 is 0. The number of nitrogens with one attached hydrogen (secondary N) is 1. The van der Waals surface area contributed by atoms with Crippen LogP contribution in [0.15, 0.2) is 61.2 Å². The number of rotatable bonds is 6. The van der Waals surface area contributed by atoms with Crippen LogP contribution in [0.5, 0.6) is 0 Å². The summed E-state index contributed by atoms with van der Waals surface area (Å²) in [5.74, 6) is 1.24. The molecule has 1 aromatic carbocycles. The minimum Gasteiger partial charge on any atom is -0.394 e. The Bertz CT molecular complexity index is 700. The maximum absolute atomic E-state index is 9.57. The Labute approximate surface area is 128 Å². The molecule has 0 aliphatic rings. The smallest absolute Gasteiger partial charge is 0.173 e. The van der Waals surface area contributed by atoms with Gasteiger partial charge in [-0.05, 0) is 18.1 Å². The highest BCUT2D eigenvalue weighted by Crippen LogP contribution is 2.10. The van der Waals surface area contributed by atoms with Gasteiger partial charge in [0.2, 0.25) is 0 Å². The monoisotopic (exact) mass is 295 g/mol. The molecule has 1 atom stereocenters. The molecule has 0 amide bonds. The number of hydrogen-bond donors (Lipinski definition) is 2. The Balaban J connectivity index is 1.72. The summed E-state index contributed by atoms with van der Waals surface area (Å²) in [4.78, 5) is 8.63. The van der Waals surface area contributed by atoms with E-state index in [2.05, 4.69) is 20.4 Å². The first-order valence-electron chi connectivity index (χ1n) is 7.08. The highest BCUT2D eigenvalue weighted by atomic mass is 16.3. The first-order valence-corrected chi connectivity index (χ1v) is 7.08. The molecule has 112 valence electrons. The van der Waals surface area contributed by atoms with Crippen LogP contribution >= 0.6 is 0 Å². The van der Waals surface area contributed by atoms with Gasteiger partial charge in [-0.1, -0.05) is 30.3 Å². The van der Waals surface area contributed by atoms with Crippen LogP contribution in [-0.4, -0.2) is 37.5 Å². The van der Waals surface area contributed by atoms with E-state index in [9.17, 15) is 5.11 Å². The average molecular weight is 295 g/mol. The predicted octanol–water partition coefficient (Wildman–Crippen LogP) is 1.68. The molecule has 0 aliphatic heterocycles. The van der Waals surface area contributed by atoms with E-state index in [0.717, 1.165) is 5.56 Å². The van der Waals surface area contributed by atoms with Gasteiger partial charge >= 0.3 is 0 Å². The largest absolute Gasteiger partial charge is 0.394 e. The molecule has 3 aromatic rings. The fourth-order valence-corrected chi connectivity index (χ4v) is 2.21. The minimum absolute atomic E-state index is 0.0164. The zero-order chi connectivity index (χ0) is 15.2. The first-order chi connectivity index (χ1) is 10.8. The Hall–Kier alpha value is -2.73. The molecule has 0 bridgehead atoms. The molecule has 0 saturated carbocycles. The lowest BCUT2D eigenvalue weighted by Gasteiger charge is -2.17. The highest BCUT2D eigenvalue weighted by molar-refractivity contribution is 5.37. The Morgan fingerprint density at radius 2 is 2.00 bits per heavy atom. The lowest BCUT2D eigenvalue weighted by Crippen LogP contribution is -2.27. The van der Waals surface area contributed by atoms with Crippen molar-refractivity contribution in [2.45, 2.75) is 12.5 Å². The fraction of sp³-hybridized carbons (Fsp3) is 0.188. The van der Waals surface area contributed by atoms with Gasteiger partial charge in [0.25, 0.3) is 0 Å². The van der Waals surface area contributed by atoms with E-state index in [4.69, 9.17) is 0 Å². The van der Waals surface area contributed by atoms with Crippen LogP contribution in [0.1, 0.15) is 5.56 Å². The third-order valence-electron chi connectivity index (χ3n) is 3.26. The Morgan fingerprint density at radius 1 is 1.14 bits per heavy atom. The van der Waals surface area contributed by atoms with Crippen LogP contribution in [0.25, 0.3) is 5.82 Å². The highest BCUT2D eigenvalue weighted by Gasteiger charge is 2.10. The number of aromatic nitrogens is 4. The molecule has 22 heavy (non-hydrogen) atoms. The van der Waals surface area contributed by atoms with Crippen molar-refractivity contribution in [3.63, 3.8) is 0 Å². The Morgan fingerprint density at radius 3 is 2.73 bits per heavy atom. The van der Waals surface area contributed by atoms with Crippen molar-refractivity contribution >= 4 is 5.82 Å². The summed E-state index contributed by atoms with van der Waals surface area (Å²) in [6.07, 6.45) is 7.49. The summed E-state index contributed by atoms with van der Waals surface area (Å²) in [5, 5.41) is 16.9. The molecule has 3 rings (SSSR count). The molecule has 0 fully saturated rings. The lowest BCUT2D eigenvalue weighted by molar-refractivity contribution is 0.273. The number of hydrogen-bond acceptors (Lipinski definition) is 5. The van der Waals surface area contributed by atoms with E-state index < -0.39 is 0 Å². The quantitative estimate of drug-likeness (QED) is 0.723. The minimum atomic E-state index is -0.121. The SMILES string of the molecule is OCC(Cc1ccccc1)Nc1cncc(-n2cccn2)n1. The second-order valence-electron chi connectivity index (χ2n) is 4.93. The van der Waals surface area contributed by atoms with Gasteiger partial charge in [-0.3, -0.25) is 4.98 Å². The summed E-state index contributed by atoms with van der Waals surface area (Å²) in [6, 6.07) is 11.7. The zero-order valence-corrected chi connectivity index (χ0v) is 12.0. The second kappa shape index (κ2) is 6.82. The number of aliphatic hydroxyl groups excluding tert-OH is 1. The van der Waals surface area contributed by atoms with Gasteiger partial charge in [0, 0.05) is 12.4 Å². The molecular formula is C16H17N5O. The molecule has 6 heteroatoms. The summed E-state index contributed by atoms with van der Waals surface area (Å²) in [6.45, 7) is 0.0164. The number of nitrogens with zero attached hydrogens (tertiary/aromatic N) is 4. The van der Waals surface area contributed by atoms with E-state index in [1.54, 1.807) is 29.5 Å². The van der Waals surface area contributed by atoms with Crippen molar-refractivity contribution in [1.82, 2.24) is 19.7 Å². The Kier molecular flexibility index (Phi) is 4.41. The molecule has 0 saturated heterocycles. The third kappa shape index (κ3) is 3.48. The van der Waals surface area contributed by atoms with Gasteiger partial charge in [-0.15, -0.1) is 0 Å². The summed E-state index contributed by atoms with van der Waals surface area (Å²) in [5.41, 5.74) is 1.16. The molecule has 0 radical (unpaired) electrons. The zero-order valence-electron chi connectivity index (χ0n) is 12.0. The third-order valence-corrected chi connectivity index (χ3v) is 3.26. The molecule has 2 heterocycles. The number of anilines is 1. The number of aliphatic hydroxyl groups is 1. The van der Waals surface area contributed by atoms with Gasteiger partial charge in [0.1, 0.15) is 5.82 Å². The number of benzene rings is 1. The van der Waals surface area contributed by atoms with Crippen LogP contribution in [0.3, 0.4) is 0 Å². The van der Waals surface area contributed by atoms with Crippen molar-refractivity contribution in [3.8, 4) is 5.82 Å². The van der Waals surface area contributed by atoms with Crippen LogP contribution in [-0.2, 0) is 6.42 Å². The topological polar surface area (TPSA) is 75.9 Å². The van der Waals surface area contributed by atoms with E-state index in [1.165, 1.54) is 0 Å². The van der Waals surface area contributed by atoms with E-state index in [-0.39, 0.29) is 12.6 Å².